The summed E-state index contributed by atoms with van der Waals surface area (Å²) >= 11 is 6.55. The van der Waals surface area contributed by atoms with E-state index in [1.54, 1.807) is 0 Å². The van der Waals surface area contributed by atoms with Crippen molar-refractivity contribution in [1.82, 2.24) is 24.3 Å². The third-order valence-corrected chi connectivity index (χ3v) is 7.75. The fourth-order valence-corrected chi connectivity index (χ4v) is 5.39. The van der Waals surface area contributed by atoms with E-state index in [4.69, 9.17) is 11.6 Å². The lowest BCUT2D eigenvalue weighted by atomic mass is 9.91. The van der Waals surface area contributed by atoms with Gasteiger partial charge in [-0.2, -0.15) is 0 Å². The zero-order valence-electron chi connectivity index (χ0n) is 19.0. The van der Waals surface area contributed by atoms with Crippen LogP contribution in [0.3, 0.4) is 0 Å². The Morgan fingerprint density at radius 2 is 1.80 bits per heavy atom. The van der Waals surface area contributed by atoms with Crippen molar-refractivity contribution in [2.75, 3.05) is 13.1 Å². The van der Waals surface area contributed by atoms with Gasteiger partial charge in [0.25, 0.3) is 5.91 Å². The predicted octanol–water partition coefficient (Wildman–Crippen LogP) is 5.52. The normalized spacial score (nSPS) is 16.4. The number of pyridine rings is 1. The van der Waals surface area contributed by atoms with Gasteiger partial charge in [-0.3, -0.25) is 14.2 Å². The van der Waals surface area contributed by atoms with Gasteiger partial charge in [0.1, 0.15) is 0 Å². The number of hydrogen-bond acceptors (Lipinski definition) is 4. The molecule has 0 N–H and O–H groups in total. The van der Waals surface area contributed by atoms with Crippen molar-refractivity contribution in [3.63, 3.8) is 0 Å². The summed E-state index contributed by atoms with van der Waals surface area (Å²) in [5.74, 6) is 0.674. The van der Waals surface area contributed by atoms with E-state index in [1.807, 2.05) is 47.8 Å². The predicted molar refractivity (Wildman–Crippen MR) is 136 cm³/mol. The molecule has 2 aromatic carbocycles. The van der Waals surface area contributed by atoms with E-state index < -0.39 is 0 Å². The topological polar surface area (TPSA) is 63.4 Å². The molecule has 6 nitrogen and oxygen atoms in total. The number of rotatable bonds is 4. The Kier molecular flexibility index (Phi) is 4.48. The van der Waals surface area contributed by atoms with Gasteiger partial charge < -0.3 is 4.90 Å². The Hall–Kier alpha value is -3.77. The molecule has 35 heavy (non-hydrogen) atoms. The molecule has 2 aliphatic rings. The molecule has 1 saturated carbocycles. The molecule has 0 radical (unpaired) electrons. The van der Waals surface area contributed by atoms with Crippen LogP contribution in [0, 0.1) is 0 Å². The summed E-state index contributed by atoms with van der Waals surface area (Å²) in [6.45, 7) is 1.60. The van der Waals surface area contributed by atoms with Crippen LogP contribution < -0.4 is 0 Å². The molecule has 1 saturated heterocycles. The van der Waals surface area contributed by atoms with Gasteiger partial charge in [-0.15, -0.1) is 0 Å². The van der Waals surface area contributed by atoms with E-state index in [9.17, 15) is 4.79 Å². The van der Waals surface area contributed by atoms with Gasteiger partial charge in [0.15, 0.2) is 0 Å². The first-order valence-corrected chi connectivity index (χ1v) is 12.3. The van der Waals surface area contributed by atoms with E-state index in [0.717, 1.165) is 60.1 Å². The number of fused-ring (bicyclic) bond motifs is 2. The van der Waals surface area contributed by atoms with Crippen molar-refractivity contribution in [2.24, 2.45) is 0 Å². The first-order chi connectivity index (χ1) is 17.1. The third kappa shape index (κ3) is 3.24. The minimum atomic E-state index is -0.0745. The number of carbonyl (C=O) groups excluding carboxylic acids is 1. The first kappa shape index (κ1) is 20.6. The minimum absolute atomic E-state index is 0.000432. The molecule has 3 aromatic heterocycles. The Labute approximate surface area is 207 Å². The smallest absolute Gasteiger partial charge is 0.255 e. The van der Waals surface area contributed by atoms with Crippen LogP contribution in [0.25, 0.3) is 27.8 Å². The van der Waals surface area contributed by atoms with Crippen molar-refractivity contribution < 1.29 is 4.79 Å². The Morgan fingerprint density at radius 1 is 0.943 bits per heavy atom. The molecule has 4 heterocycles. The molecular weight excluding hydrogens is 458 g/mol. The zero-order valence-corrected chi connectivity index (χ0v) is 19.7. The van der Waals surface area contributed by atoms with Gasteiger partial charge in [0.05, 0.1) is 28.0 Å². The van der Waals surface area contributed by atoms with Gasteiger partial charge in [-0.25, -0.2) is 9.97 Å². The maximum absolute atomic E-state index is 12.6. The van der Waals surface area contributed by atoms with Crippen LogP contribution in [0.15, 0.2) is 73.3 Å². The van der Waals surface area contributed by atoms with Gasteiger partial charge in [0.2, 0.25) is 5.78 Å². The standard InChI is InChI=1S/C28H22ClN5O/c29-23-14-18(4-6-22(23)26(35)33-11-2-12-33)20-15-31-27-32-16-25(34(27)17-20)28(8-9-28)21-5-7-24-19(13-21)3-1-10-30-24/h1,3-7,10,13-17H,2,8-9,11-12H2. The number of halogens is 1. The summed E-state index contributed by atoms with van der Waals surface area (Å²) in [6, 6.07) is 16.2. The molecule has 172 valence electrons. The van der Waals surface area contributed by atoms with Gasteiger partial charge in [-0.1, -0.05) is 29.8 Å². The number of carbonyl (C=O) groups is 1. The number of aromatic nitrogens is 4. The van der Waals surface area contributed by atoms with Crippen molar-refractivity contribution in [1.29, 1.82) is 0 Å². The van der Waals surface area contributed by atoms with Crippen molar-refractivity contribution in [3.8, 4) is 11.1 Å². The molecule has 1 aliphatic heterocycles. The molecule has 1 aliphatic carbocycles. The van der Waals surface area contributed by atoms with Crippen LogP contribution in [-0.2, 0) is 5.41 Å². The van der Waals surface area contributed by atoms with Crippen LogP contribution >= 0.6 is 11.6 Å². The summed E-state index contributed by atoms with van der Waals surface area (Å²) in [5, 5.41) is 1.61. The largest absolute Gasteiger partial charge is 0.338 e. The molecule has 0 spiro atoms. The number of amides is 1. The minimum Gasteiger partial charge on any atom is -0.338 e. The summed E-state index contributed by atoms with van der Waals surface area (Å²) in [4.78, 5) is 28.1. The lowest BCUT2D eigenvalue weighted by Gasteiger charge is -2.31. The van der Waals surface area contributed by atoms with Crippen LogP contribution in [-0.4, -0.2) is 43.2 Å². The molecular formula is C28H22ClN5O. The fraction of sp³-hybridized carbons (Fsp3) is 0.214. The molecule has 1 amide bonds. The molecule has 5 aromatic rings. The van der Waals surface area contributed by atoms with E-state index in [-0.39, 0.29) is 11.3 Å². The van der Waals surface area contributed by atoms with Crippen LogP contribution in [0.5, 0.6) is 0 Å². The van der Waals surface area contributed by atoms with Crippen LogP contribution in [0.2, 0.25) is 5.02 Å². The van der Waals surface area contributed by atoms with E-state index in [0.29, 0.717) is 16.4 Å². The number of hydrogen-bond donors (Lipinski definition) is 0. The summed E-state index contributed by atoms with van der Waals surface area (Å²) in [6.07, 6.45) is 10.9. The maximum atomic E-state index is 12.6. The second kappa shape index (κ2) is 7.62. The highest BCUT2D eigenvalue weighted by Gasteiger charge is 2.48. The SMILES string of the molecule is O=C(c1ccc(-c2cnc3ncc(C4(c5ccc6ncccc6c5)CC4)n3c2)cc1Cl)N1CCC1. The molecule has 2 fully saturated rings. The second-order valence-corrected chi connectivity index (χ2v) is 9.90. The van der Waals surface area contributed by atoms with Crippen molar-refractivity contribution >= 4 is 34.2 Å². The fourth-order valence-electron chi connectivity index (χ4n) is 5.13. The van der Waals surface area contributed by atoms with Crippen LogP contribution in [0.4, 0.5) is 0 Å². The summed E-state index contributed by atoms with van der Waals surface area (Å²) < 4.78 is 2.10. The molecule has 0 bridgehead atoms. The lowest BCUT2D eigenvalue weighted by molar-refractivity contribution is 0.0652. The number of likely N-dealkylation sites (tertiary alicyclic amines) is 1. The van der Waals surface area contributed by atoms with Crippen molar-refractivity contribution in [3.05, 3.63) is 95.2 Å². The molecule has 7 heteroatoms. The van der Waals surface area contributed by atoms with E-state index in [2.05, 4.69) is 49.8 Å². The highest BCUT2D eigenvalue weighted by molar-refractivity contribution is 6.34. The Bertz CT molecular complexity index is 1630. The second-order valence-electron chi connectivity index (χ2n) is 9.49. The Balaban J connectivity index is 1.28. The highest BCUT2D eigenvalue weighted by atomic mass is 35.5. The molecule has 0 unspecified atom stereocenters. The zero-order chi connectivity index (χ0) is 23.6. The van der Waals surface area contributed by atoms with E-state index in [1.165, 1.54) is 5.56 Å². The average Bonchev–Trinajstić information content (AvgIpc) is 3.54. The third-order valence-electron chi connectivity index (χ3n) is 7.44. The average molecular weight is 480 g/mol. The van der Waals surface area contributed by atoms with E-state index >= 15 is 0 Å². The highest BCUT2D eigenvalue weighted by Crippen LogP contribution is 2.53. The lowest BCUT2D eigenvalue weighted by Crippen LogP contribution is -2.42. The quantitative estimate of drug-likeness (QED) is 0.340. The number of imidazole rings is 1. The summed E-state index contributed by atoms with van der Waals surface area (Å²) in [7, 11) is 0. The van der Waals surface area contributed by atoms with Gasteiger partial charge in [0, 0.05) is 48.0 Å². The maximum Gasteiger partial charge on any atom is 0.255 e. The monoisotopic (exact) mass is 479 g/mol. The molecule has 0 atom stereocenters. The first-order valence-electron chi connectivity index (χ1n) is 11.9. The van der Waals surface area contributed by atoms with Crippen molar-refractivity contribution in [2.45, 2.75) is 24.7 Å². The summed E-state index contributed by atoms with van der Waals surface area (Å²) in [5.41, 5.74) is 5.75. The van der Waals surface area contributed by atoms with Gasteiger partial charge in [-0.05, 0) is 60.7 Å². The van der Waals surface area contributed by atoms with Crippen LogP contribution in [0.1, 0.15) is 40.9 Å². The number of nitrogens with zero attached hydrogens (tertiary/aromatic N) is 5. The Morgan fingerprint density at radius 3 is 2.57 bits per heavy atom. The van der Waals surface area contributed by atoms with Gasteiger partial charge >= 0.3 is 0 Å². The molecule has 7 rings (SSSR count). The number of benzene rings is 2.